The fourth-order valence-electron chi connectivity index (χ4n) is 4.28. The molecule has 1 heterocycles. The Kier molecular flexibility index (Phi) is 10.6. The van der Waals surface area contributed by atoms with Gasteiger partial charge in [-0.05, 0) is 49.9 Å². The molecule has 12 nitrogen and oxygen atoms in total. The van der Waals surface area contributed by atoms with Crippen molar-refractivity contribution in [1.29, 1.82) is 0 Å². The molecule has 0 aliphatic carbocycles. The molecule has 0 fully saturated rings. The first kappa shape index (κ1) is 31.7. The van der Waals surface area contributed by atoms with E-state index in [1.54, 1.807) is 37.3 Å². The van der Waals surface area contributed by atoms with Crippen LogP contribution in [-0.2, 0) is 6.54 Å². The number of carbonyl (C=O) groups excluding carboxylic acids is 2. The molecule has 0 saturated carbocycles. The zero-order chi connectivity index (χ0) is 31.1. The molecule has 0 bridgehead atoms. The van der Waals surface area contributed by atoms with E-state index in [2.05, 4.69) is 44.0 Å². The van der Waals surface area contributed by atoms with Crippen molar-refractivity contribution >= 4 is 63.3 Å². The monoisotopic (exact) mass is 718 g/mol. The Hall–Kier alpha value is -4.21. The van der Waals surface area contributed by atoms with Gasteiger partial charge in [0.15, 0.2) is 0 Å². The van der Waals surface area contributed by atoms with Gasteiger partial charge >= 0.3 is 0 Å². The van der Waals surface area contributed by atoms with E-state index in [9.17, 15) is 19.7 Å². The van der Waals surface area contributed by atoms with Gasteiger partial charge in [-0.3, -0.25) is 19.7 Å². The van der Waals surface area contributed by atoms with Crippen molar-refractivity contribution in [2.75, 3.05) is 37.9 Å². The van der Waals surface area contributed by atoms with Crippen molar-refractivity contribution in [3.63, 3.8) is 0 Å². The largest absolute Gasteiger partial charge is 0.496 e. The zero-order valence-electron chi connectivity index (χ0n) is 23.4. The van der Waals surface area contributed by atoms with Gasteiger partial charge in [0, 0.05) is 59.7 Å². The lowest BCUT2D eigenvalue weighted by molar-refractivity contribution is -0.383. The van der Waals surface area contributed by atoms with E-state index in [1.807, 2.05) is 28.4 Å². The van der Waals surface area contributed by atoms with Crippen LogP contribution in [0, 0.1) is 17.0 Å². The average molecular weight is 719 g/mol. The van der Waals surface area contributed by atoms with E-state index < -0.39 is 16.7 Å². The topological polar surface area (TPSA) is 152 Å². The number of nitro groups is 1. The summed E-state index contributed by atoms with van der Waals surface area (Å²) in [6, 6.07) is 16.7. The first-order chi connectivity index (χ1) is 20.6. The predicted octanol–water partition coefficient (Wildman–Crippen LogP) is 6.10. The smallest absolute Gasteiger partial charge is 0.294 e. The maximum atomic E-state index is 13.1. The maximum Gasteiger partial charge on any atom is 0.294 e. The van der Waals surface area contributed by atoms with E-state index in [4.69, 9.17) is 20.9 Å². The summed E-state index contributed by atoms with van der Waals surface area (Å²) in [6.45, 7) is 2.73. The van der Waals surface area contributed by atoms with E-state index in [0.717, 1.165) is 11.6 Å². The van der Waals surface area contributed by atoms with Crippen LogP contribution in [0.4, 0.5) is 17.1 Å². The number of benzene rings is 3. The molecule has 4 rings (SSSR count). The highest BCUT2D eigenvalue weighted by atomic mass is 127. The van der Waals surface area contributed by atoms with E-state index >= 15 is 0 Å². The number of aromatic nitrogens is 1. The molecule has 0 radical (unpaired) electrons. The van der Waals surface area contributed by atoms with Crippen LogP contribution in [0.5, 0.6) is 5.75 Å². The van der Waals surface area contributed by atoms with Gasteiger partial charge < -0.3 is 25.2 Å². The number of aryl methyl sites for hydroxylation is 1. The van der Waals surface area contributed by atoms with Gasteiger partial charge in [-0.2, -0.15) is 0 Å². The summed E-state index contributed by atoms with van der Waals surface area (Å²) in [4.78, 5) is 37.0. The number of halogens is 2. The number of nitrogens with zero attached hydrogens (tertiary/aromatic N) is 3. The van der Waals surface area contributed by atoms with Gasteiger partial charge in [-0.25, -0.2) is 3.11 Å². The summed E-state index contributed by atoms with van der Waals surface area (Å²) in [6.07, 6.45) is 0. The number of rotatable bonds is 12. The number of hydrogen-bond donors (Lipinski definition) is 3. The Labute approximate surface area is 266 Å². The van der Waals surface area contributed by atoms with Gasteiger partial charge in [-0.15, -0.1) is 0 Å². The molecule has 14 heteroatoms. The second-order valence-corrected chi connectivity index (χ2v) is 11.4. The summed E-state index contributed by atoms with van der Waals surface area (Å²) in [5.41, 5.74) is 2.56. The van der Waals surface area contributed by atoms with Crippen molar-refractivity contribution in [2.24, 2.45) is 0 Å². The van der Waals surface area contributed by atoms with Gasteiger partial charge in [-0.1, -0.05) is 41.0 Å². The Morgan fingerprint density at radius 1 is 1.09 bits per heavy atom. The molecule has 3 aromatic carbocycles. The average Bonchev–Trinajstić information content (AvgIpc) is 3.37. The number of anilines is 2. The molecule has 3 N–H and O–H groups in total. The highest BCUT2D eigenvalue weighted by molar-refractivity contribution is 14.1. The quantitative estimate of drug-likeness (QED) is 0.0519. The van der Waals surface area contributed by atoms with Crippen LogP contribution < -0.4 is 20.7 Å². The fraction of sp³-hybridized carbons (Fsp3) is 0.207. The van der Waals surface area contributed by atoms with Crippen molar-refractivity contribution < 1.29 is 23.8 Å². The van der Waals surface area contributed by atoms with Crippen molar-refractivity contribution in [1.82, 2.24) is 13.6 Å². The Balaban J connectivity index is 1.43. The summed E-state index contributed by atoms with van der Waals surface area (Å²) >= 11 is 8.48. The molecule has 224 valence electrons. The van der Waals surface area contributed by atoms with Crippen LogP contribution in [0.25, 0.3) is 11.3 Å². The van der Waals surface area contributed by atoms with Crippen molar-refractivity contribution in [2.45, 2.75) is 13.5 Å². The lowest BCUT2D eigenvalue weighted by Crippen LogP contribution is -2.29. The number of hydrogen-bond acceptors (Lipinski definition) is 9. The number of ether oxygens (including phenoxy) is 1. The van der Waals surface area contributed by atoms with Gasteiger partial charge in [0.1, 0.15) is 28.5 Å². The predicted molar refractivity (Wildman–Crippen MR) is 172 cm³/mol. The first-order valence-corrected chi connectivity index (χ1v) is 14.3. The fourth-order valence-corrected chi connectivity index (χ4v) is 4.90. The Morgan fingerprint density at radius 2 is 1.81 bits per heavy atom. The van der Waals surface area contributed by atoms with Crippen LogP contribution >= 0.6 is 34.5 Å². The van der Waals surface area contributed by atoms with Crippen LogP contribution in [0.2, 0.25) is 5.02 Å². The third-order valence-corrected chi connectivity index (χ3v) is 6.98. The summed E-state index contributed by atoms with van der Waals surface area (Å²) in [5.74, 6) is -0.0197. The number of para-hydroxylation sites is 1. The molecule has 2 amide bonds. The first-order valence-electron chi connectivity index (χ1n) is 13.0. The van der Waals surface area contributed by atoms with Gasteiger partial charge in [0.2, 0.25) is 0 Å². The minimum absolute atomic E-state index is 0.0245. The number of amides is 2. The highest BCUT2D eigenvalue weighted by Crippen LogP contribution is 2.35. The van der Waals surface area contributed by atoms with E-state index in [1.165, 1.54) is 13.2 Å². The highest BCUT2D eigenvalue weighted by Gasteiger charge is 2.24. The second-order valence-electron chi connectivity index (χ2n) is 9.37. The normalized spacial score (nSPS) is 10.8. The molecule has 0 unspecified atom stereocenters. The summed E-state index contributed by atoms with van der Waals surface area (Å²) in [5, 5.41) is 24.3. The minimum atomic E-state index is -0.620. The summed E-state index contributed by atoms with van der Waals surface area (Å²) in [7, 11) is 3.46. The van der Waals surface area contributed by atoms with E-state index in [0.29, 0.717) is 40.6 Å². The zero-order valence-corrected chi connectivity index (χ0v) is 26.4. The van der Waals surface area contributed by atoms with Gasteiger partial charge in [0.25, 0.3) is 17.5 Å². The molecule has 1 aromatic heterocycles. The molecule has 0 aliphatic rings. The molecule has 0 spiro atoms. The van der Waals surface area contributed by atoms with Gasteiger partial charge in [0.05, 0.1) is 22.7 Å². The third kappa shape index (κ3) is 7.80. The van der Waals surface area contributed by atoms with Crippen LogP contribution in [0.1, 0.15) is 32.0 Å². The Morgan fingerprint density at radius 3 is 2.49 bits per heavy atom. The molecule has 0 saturated heterocycles. The summed E-state index contributed by atoms with van der Waals surface area (Å²) < 4.78 is 12.7. The third-order valence-electron chi connectivity index (χ3n) is 6.32. The standard InChI is InChI=1S/C29H28ClIN6O6/c1-17-26(27(35-43-17)20-6-4-5-7-25(20)42-3)29(39)33-13-12-32-22-15-23(24(37(40)41)14-21(22)30)34-28(38)19-10-8-18(9-11-19)16-36(2)31/h4-11,14-15,32H,12-13,16H2,1-3H3,(H,33,39)(H,34,38). The molecule has 0 aliphatic heterocycles. The molecule has 43 heavy (non-hydrogen) atoms. The lowest BCUT2D eigenvalue weighted by Gasteiger charge is -2.13. The van der Waals surface area contributed by atoms with Crippen LogP contribution in [0.3, 0.4) is 0 Å². The van der Waals surface area contributed by atoms with E-state index in [-0.39, 0.29) is 35.1 Å². The molecular formula is C29H28ClIN6O6. The molecule has 4 aromatic rings. The molecular weight excluding hydrogens is 691 g/mol. The lowest BCUT2D eigenvalue weighted by atomic mass is 10.0. The SMILES string of the molecule is COc1ccccc1-c1noc(C)c1C(=O)NCCNc1cc(NC(=O)c2ccc(CN(C)I)cc2)c([N+](=O)[O-])cc1Cl. The van der Waals surface area contributed by atoms with Crippen molar-refractivity contribution in [3.8, 4) is 17.0 Å². The van der Waals surface area contributed by atoms with Crippen molar-refractivity contribution in [3.05, 3.63) is 98.3 Å². The number of nitrogens with one attached hydrogen (secondary N) is 3. The maximum absolute atomic E-state index is 13.1. The number of nitro benzene ring substituents is 1. The number of methoxy groups -OCH3 is 1. The van der Waals surface area contributed by atoms with Crippen LogP contribution in [0.15, 0.2) is 65.2 Å². The number of carbonyl (C=O) groups is 2. The second kappa shape index (κ2) is 14.3. The Bertz CT molecular complexity index is 1640. The minimum Gasteiger partial charge on any atom is -0.496 e. The van der Waals surface area contributed by atoms with Crippen LogP contribution in [-0.4, -0.2) is 52.3 Å². The molecule has 0 atom stereocenters.